The van der Waals surface area contributed by atoms with E-state index in [9.17, 15) is 4.79 Å². The summed E-state index contributed by atoms with van der Waals surface area (Å²) in [7, 11) is 0. The van der Waals surface area contributed by atoms with Crippen LogP contribution in [-0.2, 0) is 6.42 Å². The molecule has 0 radical (unpaired) electrons. The van der Waals surface area contributed by atoms with Crippen molar-refractivity contribution in [2.75, 3.05) is 0 Å². The molecule has 0 amide bonds. The van der Waals surface area contributed by atoms with Crippen LogP contribution in [0.15, 0.2) is 36.4 Å². The monoisotopic (exact) mass is 296 g/mol. The highest BCUT2D eigenvalue weighted by Crippen LogP contribution is 2.21. The van der Waals surface area contributed by atoms with Crippen LogP contribution in [0, 0.1) is 0 Å². The van der Waals surface area contributed by atoms with Crippen molar-refractivity contribution in [2.24, 2.45) is 0 Å². The average molecular weight is 296 g/mol. The number of carbonyl (C=O) groups is 1. The van der Waals surface area contributed by atoms with Gasteiger partial charge in [-0.25, -0.2) is 0 Å². The Morgan fingerprint density at radius 1 is 0.818 bits per heavy atom. The fourth-order valence-electron chi connectivity index (χ4n) is 3.08. The maximum absolute atomic E-state index is 11.3. The van der Waals surface area contributed by atoms with Crippen LogP contribution >= 0.6 is 0 Å². The highest BCUT2D eigenvalue weighted by Gasteiger charge is 2.04. The van der Waals surface area contributed by atoms with E-state index in [2.05, 4.69) is 31.2 Å². The van der Waals surface area contributed by atoms with Crippen molar-refractivity contribution in [1.29, 1.82) is 0 Å². The molecule has 0 saturated carbocycles. The van der Waals surface area contributed by atoms with E-state index in [0.29, 0.717) is 0 Å². The second-order valence-corrected chi connectivity index (χ2v) is 6.24. The van der Waals surface area contributed by atoms with E-state index < -0.39 is 0 Å². The van der Waals surface area contributed by atoms with Crippen LogP contribution in [0.4, 0.5) is 0 Å². The van der Waals surface area contributed by atoms with Gasteiger partial charge in [-0.1, -0.05) is 82.2 Å². The topological polar surface area (TPSA) is 17.1 Å². The summed E-state index contributed by atoms with van der Waals surface area (Å²) in [5.74, 6) is 0. The molecule has 1 nitrogen and oxygen atoms in total. The zero-order chi connectivity index (χ0) is 15.6. The Morgan fingerprint density at radius 3 is 2.05 bits per heavy atom. The molecule has 2 aromatic carbocycles. The lowest BCUT2D eigenvalue weighted by atomic mass is 9.97. The largest absolute Gasteiger partial charge is 0.298 e. The maximum Gasteiger partial charge on any atom is 0.150 e. The molecule has 0 heterocycles. The Morgan fingerprint density at radius 2 is 1.41 bits per heavy atom. The van der Waals surface area contributed by atoms with Crippen LogP contribution in [0.2, 0.25) is 0 Å². The predicted octanol–water partition coefficient (Wildman–Crippen LogP) is 6.34. The first kappa shape index (κ1) is 16.7. The molecule has 0 aliphatic rings. The Hall–Kier alpha value is -1.63. The van der Waals surface area contributed by atoms with Crippen LogP contribution in [0.1, 0.15) is 74.2 Å². The van der Waals surface area contributed by atoms with Gasteiger partial charge in [-0.05, 0) is 35.2 Å². The van der Waals surface area contributed by atoms with Crippen molar-refractivity contribution in [1.82, 2.24) is 0 Å². The number of unbranched alkanes of at least 4 members (excludes halogenated alkanes) is 7. The highest BCUT2D eigenvalue weighted by atomic mass is 16.1. The fraction of sp³-hybridized carbons (Fsp3) is 0.476. The summed E-state index contributed by atoms with van der Waals surface area (Å²) in [5.41, 5.74) is 2.07. The van der Waals surface area contributed by atoms with Gasteiger partial charge in [0.15, 0.2) is 0 Å². The molecule has 0 fully saturated rings. The van der Waals surface area contributed by atoms with Gasteiger partial charge in [-0.15, -0.1) is 0 Å². The van der Waals surface area contributed by atoms with Gasteiger partial charge in [0.25, 0.3) is 0 Å². The van der Waals surface area contributed by atoms with Gasteiger partial charge in [0.2, 0.25) is 0 Å². The Labute approximate surface area is 134 Å². The standard InChI is InChI=1S/C21H28O/c1-2-3-4-5-6-7-8-9-12-20-15-18-13-10-11-14-19(18)16-21(20)17-22/h10-11,13-17H,2-9,12H2,1H3. The molecule has 2 rings (SSSR count). The summed E-state index contributed by atoms with van der Waals surface area (Å²) in [5, 5.41) is 2.40. The van der Waals surface area contributed by atoms with Gasteiger partial charge in [-0.2, -0.15) is 0 Å². The molecule has 1 heteroatoms. The first-order chi connectivity index (χ1) is 10.8. The highest BCUT2D eigenvalue weighted by molar-refractivity contribution is 5.90. The van der Waals surface area contributed by atoms with Gasteiger partial charge in [0.05, 0.1) is 0 Å². The van der Waals surface area contributed by atoms with E-state index in [0.717, 1.165) is 23.7 Å². The quantitative estimate of drug-likeness (QED) is 0.369. The van der Waals surface area contributed by atoms with Crippen molar-refractivity contribution in [3.05, 3.63) is 47.5 Å². The third kappa shape index (κ3) is 4.98. The van der Waals surface area contributed by atoms with Crippen molar-refractivity contribution in [3.63, 3.8) is 0 Å². The lowest BCUT2D eigenvalue weighted by Gasteiger charge is -2.08. The minimum Gasteiger partial charge on any atom is -0.298 e. The minimum absolute atomic E-state index is 0.863. The lowest BCUT2D eigenvalue weighted by molar-refractivity contribution is 0.112. The molecular weight excluding hydrogens is 268 g/mol. The van der Waals surface area contributed by atoms with Crippen molar-refractivity contribution in [2.45, 2.75) is 64.7 Å². The summed E-state index contributed by atoms with van der Waals surface area (Å²) in [6.45, 7) is 2.26. The molecular formula is C21H28O. The first-order valence-corrected chi connectivity index (χ1v) is 8.82. The molecule has 0 aliphatic heterocycles. The summed E-state index contributed by atoms with van der Waals surface area (Å²) < 4.78 is 0. The second kappa shape index (κ2) is 9.40. The van der Waals surface area contributed by atoms with Crippen molar-refractivity contribution >= 4 is 17.1 Å². The molecule has 118 valence electrons. The van der Waals surface area contributed by atoms with Crippen LogP contribution in [0.25, 0.3) is 10.8 Å². The normalized spacial score (nSPS) is 11.0. The molecule has 0 spiro atoms. The van der Waals surface area contributed by atoms with E-state index >= 15 is 0 Å². The second-order valence-electron chi connectivity index (χ2n) is 6.24. The molecule has 0 aliphatic carbocycles. The van der Waals surface area contributed by atoms with E-state index in [1.807, 2.05) is 12.1 Å². The number of aryl methyl sites for hydroxylation is 1. The number of rotatable bonds is 10. The molecule has 0 N–H and O–H groups in total. The van der Waals surface area contributed by atoms with Crippen molar-refractivity contribution in [3.8, 4) is 0 Å². The number of aldehydes is 1. The molecule has 0 unspecified atom stereocenters. The third-order valence-electron chi connectivity index (χ3n) is 4.43. The number of fused-ring (bicyclic) bond motifs is 1. The van der Waals surface area contributed by atoms with Gasteiger partial charge < -0.3 is 0 Å². The smallest absolute Gasteiger partial charge is 0.150 e. The molecule has 2 aromatic rings. The molecule has 0 bridgehead atoms. The Balaban J connectivity index is 1.82. The first-order valence-electron chi connectivity index (χ1n) is 8.82. The van der Waals surface area contributed by atoms with Gasteiger partial charge >= 0.3 is 0 Å². The summed E-state index contributed by atoms with van der Waals surface area (Å²) in [4.78, 5) is 11.3. The number of carbonyl (C=O) groups excluding carboxylic acids is 1. The Bertz CT molecular complexity index is 585. The average Bonchev–Trinajstić information content (AvgIpc) is 2.56. The van der Waals surface area contributed by atoms with E-state index in [1.54, 1.807) is 0 Å². The van der Waals surface area contributed by atoms with E-state index in [1.165, 1.54) is 62.3 Å². The van der Waals surface area contributed by atoms with Crippen LogP contribution < -0.4 is 0 Å². The lowest BCUT2D eigenvalue weighted by Crippen LogP contribution is -1.94. The molecule has 0 atom stereocenters. The summed E-state index contributed by atoms with van der Waals surface area (Å²) >= 11 is 0. The van der Waals surface area contributed by atoms with E-state index in [-0.39, 0.29) is 0 Å². The number of hydrogen-bond donors (Lipinski definition) is 0. The summed E-state index contributed by atoms with van der Waals surface area (Å²) in [6, 6.07) is 12.5. The Kier molecular flexibility index (Phi) is 7.15. The van der Waals surface area contributed by atoms with Gasteiger partial charge in [-0.3, -0.25) is 4.79 Å². The predicted molar refractivity (Wildman–Crippen MR) is 95.6 cm³/mol. The number of benzene rings is 2. The van der Waals surface area contributed by atoms with E-state index in [4.69, 9.17) is 0 Å². The van der Waals surface area contributed by atoms with Crippen LogP contribution in [0.5, 0.6) is 0 Å². The number of hydrogen-bond acceptors (Lipinski definition) is 1. The van der Waals surface area contributed by atoms with Gasteiger partial charge in [0.1, 0.15) is 6.29 Å². The molecule has 0 saturated heterocycles. The summed E-state index contributed by atoms with van der Waals surface area (Å²) in [6.07, 6.45) is 12.6. The van der Waals surface area contributed by atoms with Crippen LogP contribution in [-0.4, -0.2) is 6.29 Å². The third-order valence-corrected chi connectivity index (χ3v) is 4.43. The van der Waals surface area contributed by atoms with Crippen molar-refractivity contribution < 1.29 is 4.79 Å². The zero-order valence-corrected chi connectivity index (χ0v) is 13.8. The molecule has 0 aromatic heterocycles. The van der Waals surface area contributed by atoms with Gasteiger partial charge in [0, 0.05) is 5.56 Å². The zero-order valence-electron chi connectivity index (χ0n) is 13.8. The SMILES string of the molecule is CCCCCCCCCCc1cc2ccccc2cc1C=O. The molecule has 22 heavy (non-hydrogen) atoms. The van der Waals surface area contributed by atoms with Crippen LogP contribution in [0.3, 0.4) is 0 Å². The minimum atomic E-state index is 0.863. The fourth-order valence-corrected chi connectivity index (χ4v) is 3.08. The maximum atomic E-state index is 11.3.